The highest BCUT2D eigenvalue weighted by atomic mass is 32.1. The fourth-order valence-electron chi connectivity index (χ4n) is 2.47. The quantitative estimate of drug-likeness (QED) is 0.940. The van der Waals surface area contributed by atoms with Crippen molar-refractivity contribution in [3.05, 3.63) is 23.8 Å². The largest absolute Gasteiger partial charge is 0.376 e. The van der Waals surface area contributed by atoms with Gasteiger partial charge in [-0.05, 0) is 31.0 Å². The van der Waals surface area contributed by atoms with Gasteiger partial charge in [0.15, 0.2) is 5.13 Å². The van der Waals surface area contributed by atoms with E-state index in [0.29, 0.717) is 17.2 Å². The van der Waals surface area contributed by atoms with E-state index in [1.807, 2.05) is 19.2 Å². The van der Waals surface area contributed by atoms with Crippen molar-refractivity contribution in [2.75, 3.05) is 25.9 Å². The Labute approximate surface area is 121 Å². The van der Waals surface area contributed by atoms with Crippen molar-refractivity contribution in [2.45, 2.75) is 18.9 Å². The van der Waals surface area contributed by atoms with Crippen molar-refractivity contribution in [3.8, 4) is 0 Å². The van der Waals surface area contributed by atoms with Crippen LogP contribution in [0.2, 0.25) is 0 Å². The number of amides is 1. The molecule has 1 aromatic carbocycles. The van der Waals surface area contributed by atoms with Gasteiger partial charge in [-0.25, -0.2) is 4.98 Å². The molecule has 6 heteroatoms. The second-order valence-electron chi connectivity index (χ2n) is 5.06. The van der Waals surface area contributed by atoms with Gasteiger partial charge < -0.3 is 15.4 Å². The van der Waals surface area contributed by atoms with Crippen LogP contribution >= 0.6 is 11.3 Å². The topological polar surface area (TPSA) is 68.5 Å². The van der Waals surface area contributed by atoms with Gasteiger partial charge in [0, 0.05) is 25.8 Å². The van der Waals surface area contributed by atoms with Gasteiger partial charge in [0.1, 0.15) is 0 Å². The number of rotatable bonds is 3. The maximum absolute atomic E-state index is 12.4. The molecule has 1 aromatic heterocycles. The number of carbonyl (C=O) groups is 1. The van der Waals surface area contributed by atoms with Crippen LogP contribution in [0.3, 0.4) is 0 Å². The average Bonchev–Trinajstić information content (AvgIpc) is 3.04. The zero-order valence-electron chi connectivity index (χ0n) is 11.3. The molecule has 1 aliphatic heterocycles. The van der Waals surface area contributed by atoms with Gasteiger partial charge >= 0.3 is 0 Å². The standard InChI is InChI=1S/C14H17N3O2S/c1-17(8-10-3-2-6-19-10)13(18)9-4-5-11-12(7-9)20-14(15)16-11/h4-5,7,10H,2-3,6,8H2,1H3,(H2,15,16). The highest BCUT2D eigenvalue weighted by Crippen LogP contribution is 2.25. The van der Waals surface area contributed by atoms with E-state index >= 15 is 0 Å². The molecule has 5 nitrogen and oxygen atoms in total. The number of nitrogen functional groups attached to an aromatic ring is 1. The van der Waals surface area contributed by atoms with Crippen LogP contribution in [0.1, 0.15) is 23.2 Å². The lowest BCUT2D eigenvalue weighted by Crippen LogP contribution is -2.34. The zero-order chi connectivity index (χ0) is 14.1. The van der Waals surface area contributed by atoms with Crippen LogP contribution in [0.4, 0.5) is 5.13 Å². The Hall–Kier alpha value is -1.66. The SMILES string of the molecule is CN(CC1CCCO1)C(=O)c1ccc2nc(N)sc2c1. The minimum Gasteiger partial charge on any atom is -0.376 e. The molecule has 0 spiro atoms. The van der Waals surface area contributed by atoms with Crippen molar-refractivity contribution in [2.24, 2.45) is 0 Å². The lowest BCUT2D eigenvalue weighted by molar-refractivity contribution is 0.0587. The first-order valence-corrected chi connectivity index (χ1v) is 7.48. The number of nitrogens with two attached hydrogens (primary N) is 1. The average molecular weight is 291 g/mol. The predicted molar refractivity (Wildman–Crippen MR) is 80.0 cm³/mol. The summed E-state index contributed by atoms with van der Waals surface area (Å²) in [5.74, 6) is 0.00868. The summed E-state index contributed by atoms with van der Waals surface area (Å²) >= 11 is 1.40. The van der Waals surface area contributed by atoms with E-state index in [1.54, 1.807) is 11.0 Å². The maximum atomic E-state index is 12.4. The van der Waals surface area contributed by atoms with Crippen LogP contribution in [0, 0.1) is 0 Å². The minimum atomic E-state index is 0.00868. The van der Waals surface area contributed by atoms with Crippen LogP contribution in [0.15, 0.2) is 18.2 Å². The van der Waals surface area contributed by atoms with E-state index in [-0.39, 0.29) is 12.0 Å². The van der Waals surface area contributed by atoms with Gasteiger partial charge in [0.05, 0.1) is 16.3 Å². The lowest BCUT2D eigenvalue weighted by atomic mass is 10.1. The molecule has 1 aliphatic rings. The van der Waals surface area contributed by atoms with Crippen LogP contribution in [-0.2, 0) is 4.74 Å². The van der Waals surface area contributed by atoms with Gasteiger partial charge in [-0.2, -0.15) is 0 Å². The lowest BCUT2D eigenvalue weighted by Gasteiger charge is -2.20. The molecule has 1 fully saturated rings. The molecule has 1 unspecified atom stereocenters. The van der Waals surface area contributed by atoms with Crippen LogP contribution in [0.25, 0.3) is 10.2 Å². The molecule has 0 saturated carbocycles. The molecule has 2 aromatic rings. The van der Waals surface area contributed by atoms with E-state index in [0.717, 1.165) is 29.7 Å². The number of likely N-dealkylation sites (N-methyl/N-ethyl adjacent to an activating group) is 1. The summed E-state index contributed by atoms with van der Waals surface area (Å²) in [6, 6.07) is 5.50. The Kier molecular flexibility index (Phi) is 3.58. The second-order valence-corrected chi connectivity index (χ2v) is 6.12. The highest BCUT2D eigenvalue weighted by Gasteiger charge is 2.21. The number of carbonyl (C=O) groups excluding carboxylic acids is 1. The Bertz CT molecular complexity index is 634. The molecule has 1 atom stereocenters. The monoisotopic (exact) mass is 291 g/mol. The number of hydrogen-bond donors (Lipinski definition) is 1. The summed E-state index contributed by atoms with van der Waals surface area (Å²) in [6.07, 6.45) is 2.28. The molecule has 106 valence electrons. The summed E-state index contributed by atoms with van der Waals surface area (Å²) in [6.45, 7) is 1.44. The summed E-state index contributed by atoms with van der Waals surface area (Å²) in [5, 5.41) is 0.525. The van der Waals surface area contributed by atoms with Crippen molar-refractivity contribution >= 4 is 32.6 Å². The Morgan fingerprint density at radius 1 is 1.60 bits per heavy atom. The first-order chi connectivity index (χ1) is 9.63. The number of hydrogen-bond acceptors (Lipinski definition) is 5. The van der Waals surface area contributed by atoms with E-state index in [1.165, 1.54) is 11.3 Å². The number of aromatic nitrogens is 1. The molecule has 20 heavy (non-hydrogen) atoms. The van der Waals surface area contributed by atoms with E-state index in [4.69, 9.17) is 10.5 Å². The number of anilines is 1. The number of benzene rings is 1. The molecule has 0 aliphatic carbocycles. The maximum Gasteiger partial charge on any atom is 0.253 e. The fraction of sp³-hybridized carbons (Fsp3) is 0.429. The van der Waals surface area contributed by atoms with Crippen LogP contribution in [-0.4, -0.2) is 42.1 Å². The molecule has 0 radical (unpaired) electrons. The second kappa shape index (κ2) is 5.38. The van der Waals surface area contributed by atoms with E-state index < -0.39 is 0 Å². The summed E-state index contributed by atoms with van der Waals surface area (Å²) < 4.78 is 6.51. The number of nitrogens with zero attached hydrogens (tertiary/aromatic N) is 2. The number of fused-ring (bicyclic) bond motifs is 1. The van der Waals surface area contributed by atoms with Crippen LogP contribution in [0.5, 0.6) is 0 Å². The third kappa shape index (κ3) is 2.62. The van der Waals surface area contributed by atoms with Crippen molar-refractivity contribution in [1.82, 2.24) is 9.88 Å². The van der Waals surface area contributed by atoms with Gasteiger partial charge in [0.2, 0.25) is 0 Å². The first-order valence-electron chi connectivity index (χ1n) is 6.66. The molecular formula is C14H17N3O2S. The van der Waals surface area contributed by atoms with E-state index in [2.05, 4.69) is 4.98 Å². The van der Waals surface area contributed by atoms with E-state index in [9.17, 15) is 4.79 Å². The Morgan fingerprint density at radius 2 is 2.45 bits per heavy atom. The van der Waals surface area contributed by atoms with Crippen molar-refractivity contribution in [1.29, 1.82) is 0 Å². The Balaban J connectivity index is 1.76. The summed E-state index contributed by atoms with van der Waals surface area (Å²) in [4.78, 5) is 18.3. The fourth-order valence-corrected chi connectivity index (χ4v) is 3.25. The first kappa shape index (κ1) is 13.3. The molecule has 2 heterocycles. The van der Waals surface area contributed by atoms with Crippen LogP contribution < -0.4 is 5.73 Å². The molecule has 1 amide bonds. The molecule has 1 saturated heterocycles. The predicted octanol–water partition coefficient (Wildman–Crippen LogP) is 2.13. The Morgan fingerprint density at radius 3 is 3.20 bits per heavy atom. The highest BCUT2D eigenvalue weighted by molar-refractivity contribution is 7.22. The van der Waals surface area contributed by atoms with Gasteiger partial charge in [-0.3, -0.25) is 4.79 Å². The third-order valence-corrected chi connectivity index (χ3v) is 4.35. The number of thiazole rings is 1. The molecular weight excluding hydrogens is 274 g/mol. The third-order valence-electron chi connectivity index (χ3n) is 3.50. The smallest absolute Gasteiger partial charge is 0.253 e. The van der Waals surface area contributed by atoms with Gasteiger partial charge in [-0.1, -0.05) is 11.3 Å². The molecule has 2 N–H and O–H groups in total. The normalized spacial score (nSPS) is 18.6. The molecule has 0 bridgehead atoms. The molecule has 3 rings (SSSR count). The van der Waals surface area contributed by atoms with Crippen molar-refractivity contribution < 1.29 is 9.53 Å². The minimum absolute atomic E-state index is 0.00868. The van der Waals surface area contributed by atoms with Crippen molar-refractivity contribution in [3.63, 3.8) is 0 Å². The number of ether oxygens (including phenoxy) is 1. The zero-order valence-corrected chi connectivity index (χ0v) is 12.2. The summed E-state index contributed by atoms with van der Waals surface area (Å²) in [5.41, 5.74) is 7.19. The van der Waals surface area contributed by atoms with Gasteiger partial charge in [0.25, 0.3) is 5.91 Å². The van der Waals surface area contributed by atoms with Gasteiger partial charge in [-0.15, -0.1) is 0 Å². The summed E-state index contributed by atoms with van der Waals surface area (Å²) in [7, 11) is 1.81.